The second kappa shape index (κ2) is 13.6. The van der Waals surface area contributed by atoms with Crippen LogP contribution in [0.2, 0.25) is 0 Å². The third-order valence-corrected chi connectivity index (χ3v) is 6.54. The summed E-state index contributed by atoms with van der Waals surface area (Å²) in [6, 6.07) is 11.9. The lowest BCUT2D eigenvalue weighted by molar-refractivity contribution is -0.152. The maximum atomic E-state index is 12.9. The van der Waals surface area contributed by atoms with Crippen molar-refractivity contribution in [1.82, 2.24) is 15.0 Å². The lowest BCUT2D eigenvalue weighted by atomic mass is 10.1. The molecule has 0 amide bonds. The quantitative estimate of drug-likeness (QED) is 0.194. The molecule has 0 unspecified atom stereocenters. The van der Waals surface area contributed by atoms with Crippen molar-refractivity contribution in [2.45, 2.75) is 70.3 Å². The average Bonchev–Trinajstić information content (AvgIpc) is 3.45. The van der Waals surface area contributed by atoms with Gasteiger partial charge < -0.3 is 30.0 Å². The van der Waals surface area contributed by atoms with Gasteiger partial charge in [0.25, 0.3) is 0 Å². The molecular weight excluding hydrogens is 555 g/mol. The Bertz CT molecular complexity index is 1310. The van der Waals surface area contributed by atoms with E-state index in [9.17, 15) is 23.1 Å². The van der Waals surface area contributed by atoms with E-state index in [0.29, 0.717) is 36.0 Å². The van der Waals surface area contributed by atoms with Gasteiger partial charge in [0.1, 0.15) is 11.5 Å². The van der Waals surface area contributed by atoms with Crippen LogP contribution in [0.25, 0.3) is 0 Å². The van der Waals surface area contributed by atoms with Gasteiger partial charge in [0.2, 0.25) is 11.9 Å². The molecule has 0 spiro atoms. The Morgan fingerprint density at radius 1 is 0.905 bits per heavy atom. The minimum absolute atomic E-state index is 0.114. The van der Waals surface area contributed by atoms with Gasteiger partial charge in [-0.25, -0.2) is 4.79 Å². The van der Waals surface area contributed by atoms with Gasteiger partial charge in [-0.2, -0.15) is 28.1 Å². The number of alkyl halides is 3. The third kappa shape index (κ3) is 9.11. The van der Waals surface area contributed by atoms with E-state index in [1.54, 1.807) is 24.3 Å². The lowest BCUT2D eigenvalue weighted by Gasteiger charge is -2.21. The van der Waals surface area contributed by atoms with Gasteiger partial charge in [0.15, 0.2) is 5.60 Å². The van der Waals surface area contributed by atoms with Crippen molar-refractivity contribution in [2.24, 2.45) is 0 Å². The fourth-order valence-corrected chi connectivity index (χ4v) is 4.16. The van der Waals surface area contributed by atoms with Crippen LogP contribution < -0.4 is 24.8 Å². The fraction of sp³-hybridized carbons (Fsp3) is 0.448. The van der Waals surface area contributed by atoms with Gasteiger partial charge in [-0.05, 0) is 68.7 Å². The van der Waals surface area contributed by atoms with Gasteiger partial charge in [-0.1, -0.05) is 25.0 Å². The topological polar surface area (TPSA) is 128 Å². The first-order valence-corrected chi connectivity index (χ1v) is 13.7. The number of hydrogen-bond acceptors (Lipinski definition) is 9. The summed E-state index contributed by atoms with van der Waals surface area (Å²) in [5.41, 5.74) is -1.42. The van der Waals surface area contributed by atoms with Crippen LogP contribution in [0.15, 0.2) is 48.5 Å². The molecule has 3 N–H and O–H groups in total. The predicted molar refractivity (Wildman–Crippen MR) is 149 cm³/mol. The Morgan fingerprint density at radius 2 is 1.52 bits per heavy atom. The molecule has 0 aliphatic heterocycles. The number of carboxylic acids is 1. The first kappa shape index (κ1) is 30.7. The smallest absolute Gasteiger partial charge is 0.416 e. The van der Waals surface area contributed by atoms with Gasteiger partial charge in [-0.3, -0.25) is 0 Å². The molecule has 0 bridgehead atoms. The van der Waals surface area contributed by atoms with Crippen LogP contribution in [0.1, 0.15) is 57.1 Å². The van der Waals surface area contributed by atoms with Gasteiger partial charge in [0.05, 0.1) is 18.8 Å². The number of halogens is 3. The van der Waals surface area contributed by atoms with E-state index in [1.165, 1.54) is 26.0 Å². The van der Waals surface area contributed by atoms with E-state index in [4.69, 9.17) is 14.2 Å². The molecule has 1 aromatic heterocycles. The Kier molecular flexibility index (Phi) is 9.92. The fourth-order valence-electron chi connectivity index (χ4n) is 4.16. The molecule has 4 rings (SSSR count). The number of rotatable bonds is 14. The number of nitrogens with one attached hydrogen (secondary N) is 2. The highest BCUT2D eigenvalue weighted by Gasteiger charge is 2.30. The molecule has 2 aromatic carbocycles. The number of hydrogen-bond donors (Lipinski definition) is 3. The minimum atomic E-state index is -4.39. The van der Waals surface area contributed by atoms with E-state index in [-0.39, 0.29) is 31.2 Å². The summed E-state index contributed by atoms with van der Waals surface area (Å²) >= 11 is 0. The Balaban J connectivity index is 1.30. The summed E-state index contributed by atoms with van der Waals surface area (Å²) in [6.07, 6.45) is 0.409. The number of carbonyl (C=O) groups is 1. The van der Waals surface area contributed by atoms with Crippen LogP contribution in [-0.2, 0) is 17.5 Å². The van der Waals surface area contributed by atoms with E-state index in [2.05, 4.69) is 25.6 Å². The zero-order valence-electron chi connectivity index (χ0n) is 23.4. The highest BCUT2D eigenvalue weighted by atomic mass is 19.4. The summed E-state index contributed by atoms with van der Waals surface area (Å²) in [7, 11) is 0. The maximum Gasteiger partial charge on any atom is 0.416 e. The van der Waals surface area contributed by atoms with Gasteiger partial charge in [-0.15, -0.1) is 0 Å². The van der Waals surface area contributed by atoms with E-state index in [0.717, 1.165) is 37.8 Å². The Labute approximate surface area is 241 Å². The van der Waals surface area contributed by atoms with Gasteiger partial charge in [0, 0.05) is 19.0 Å². The number of ether oxygens (including phenoxy) is 3. The second-order valence-electron chi connectivity index (χ2n) is 10.4. The molecule has 226 valence electrons. The second-order valence-corrected chi connectivity index (χ2v) is 10.4. The monoisotopic (exact) mass is 589 g/mol. The Hall–Kier alpha value is -4.29. The first-order valence-electron chi connectivity index (χ1n) is 13.7. The largest absolute Gasteiger partial charge is 0.493 e. The molecule has 0 atom stereocenters. The van der Waals surface area contributed by atoms with Crippen LogP contribution in [0.3, 0.4) is 0 Å². The Morgan fingerprint density at radius 3 is 2.17 bits per heavy atom. The number of benzene rings is 2. The van der Waals surface area contributed by atoms with E-state index in [1.807, 2.05) is 0 Å². The van der Waals surface area contributed by atoms with Crippen LogP contribution >= 0.6 is 0 Å². The molecule has 42 heavy (non-hydrogen) atoms. The summed E-state index contributed by atoms with van der Waals surface area (Å²) in [6.45, 7) is 3.77. The van der Waals surface area contributed by atoms with Crippen LogP contribution in [0, 0.1) is 0 Å². The van der Waals surface area contributed by atoms with Crippen molar-refractivity contribution >= 4 is 17.9 Å². The van der Waals surface area contributed by atoms with Crippen molar-refractivity contribution < 1.29 is 37.3 Å². The molecule has 0 saturated heterocycles. The molecule has 1 fully saturated rings. The molecular formula is C29H34F3N5O5. The minimum Gasteiger partial charge on any atom is -0.493 e. The standard InChI is InChI=1S/C29H34F3N5O5/c1-28(2,24(38)39)42-23-14-12-22(13-15-23)40-16-5-17-41-27-36-25(35-26(37-27)34-21-6-3-4-7-21)33-18-19-8-10-20(11-9-19)29(30,31)32/h8-15,21H,3-7,16-18H2,1-2H3,(H,38,39)(H2,33,34,35,36,37). The molecule has 1 saturated carbocycles. The number of nitrogens with zero attached hydrogens (tertiary/aromatic N) is 3. The van der Waals surface area contributed by atoms with Crippen molar-refractivity contribution in [1.29, 1.82) is 0 Å². The number of carboxylic acid groups (broad SMARTS) is 1. The summed E-state index contributed by atoms with van der Waals surface area (Å²) in [4.78, 5) is 24.3. The van der Waals surface area contributed by atoms with Crippen molar-refractivity contribution in [2.75, 3.05) is 23.8 Å². The normalized spacial score (nSPS) is 13.9. The number of anilines is 2. The molecule has 0 radical (unpaired) electrons. The number of aliphatic carboxylic acids is 1. The zero-order valence-corrected chi connectivity index (χ0v) is 23.4. The van der Waals surface area contributed by atoms with Gasteiger partial charge >= 0.3 is 18.2 Å². The molecule has 1 heterocycles. The highest BCUT2D eigenvalue weighted by molar-refractivity contribution is 5.76. The van der Waals surface area contributed by atoms with E-state index < -0.39 is 23.3 Å². The van der Waals surface area contributed by atoms with Crippen molar-refractivity contribution in [3.8, 4) is 17.5 Å². The van der Waals surface area contributed by atoms with Crippen molar-refractivity contribution in [3.63, 3.8) is 0 Å². The number of aromatic nitrogens is 3. The lowest BCUT2D eigenvalue weighted by Crippen LogP contribution is -2.37. The van der Waals surface area contributed by atoms with E-state index >= 15 is 0 Å². The van der Waals surface area contributed by atoms with Crippen LogP contribution in [0.5, 0.6) is 17.5 Å². The van der Waals surface area contributed by atoms with Crippen LogP contribution in [0.4, 0.5) is 25.1 Å². The highest BCUT2D eigenvalue weighted by Crippen LogP contribution is 2.29. The SMILES string of the molecule is CC(C)(Oc1ccc(OCCCOc2nc(NCc3ccc(C(F)(F)F)cc3)nc(NC3CCCC3)n2)cc1)C(=O)O. The molecule has 1 aliphatic carbocycles. The summed E-state index contributed by atoms with van der Waals surface area (Å²) in [5.74, 6) is 0.548. The van der Waals surface area contributed by atoms with Crippen LogP contribution in [-0.4, -0.2) is 50.9 Å². The molecule has 13 heteroatoms. The maximum absolute atomic E-state index is 12.9. The average molecular weight is 590 g/mol. The molecule has 3 aromatic rings. The predicted octanol–water partition coefficient (Wildman–Crippen LogP) is 5.95. The third-order valence-electron chi connectivity index (χ3n) is 6.54. The summed E-state index contributed by atoms with van der Waals surface area (Å²) < 4.78 is 55.6. The molecule has 1 aliphatic rings. The van der Waals surface area contributed by atoms with Crippen molar-refractivity contribution in [3.05, 3.63) is 59.7 Å². The first-order chi connectivity index (χ1) is 20.0. The molecule has 10 nitrogen and oxygen atoms in total. The summed E-state index contributed by atoms with van der Waals surface area (Å²) in [5, 5.41) is 15.6. The zero-order chi connectivity index (χ0) is 30.2.